The molecule has 0 saturated heterocycles. The van der Waals surface area contributed by atoms with Gasteiger partial charge in [0.1, 0.15) is 0 Å². The lowest BCUT2D eigenvalue weighted by Gasteiger charge is -1.96. The Morgan fingerprint density at radius 1 is 1.24 bits per heavy atom. The van der Waals surface area contributed by atoms with Crippen molar-refractivity contribution in [2.24, 2.45) is 0 Å². The first-order valence-electron chi connectivity index (χ1n) is 5.45. The summed E-state index contributed by atoms with van der Waals surface area (Å²) in [6.07, 6.45) is 6.62. The number of rotatable bonds is 3. The van der Waals surface area contributed by atoms with E-state index >= 15 is 0 Å². The van der Waals surface area contributed by atoms with Crippen molar-refractivity contribution < 1.29 is 4.79 Å². The van der Waals surface area contributed by atoms with Crippen LogP contribution in [0.1, 0.15) is 21.5 Å². The summed E-state index contributed by atoms with van der Waals surface area (Å²) in [5.74, 6) is -0.0281. The van der Waals surface area contributed by atoms with Gasteiger partial charge in [0.15, 0.2) is 5.78 Å². The summed E-state index contributed by atoms with van der Waals surface area (Å²) in [7, 11) is 0. The number of ketones is 1. The average molecular weight is 223 g/mol. The molecule has 2 heteroatoms. The highest BCUT2D eigenvalue weighted by molar-refractivity contribution is 6.06. The lowest BCUT2D eigenvalue weighted by molar-refractivity contribution is 0.104. The van der Waals surface area contributed by atoms with Crippen LogP contribution in [0.3, 0.4) is 0 Å². The Kier molecular flexibility index (Phi) is 3.46. The SMILES string of the molecule is Cc1cccc(/C=C/C(=O)c2cccnc2)c1. The van der Waals surface area contributed by atoms with E-state index in [0.717, 1.165) is 5.56 Å². The van der Waals surface area contributed by atoms with Crippen LogP contribution in [0.5, 0.6) is 0 Å². The molecule has 1 heterocycles. The van der Waals surface area contributed by atoms with Crippen LogP contribution >= 0.6 is 0 Å². The average Bonchev–Trinajstić information content (AvgIpc) is 2.37. The molecule has 0 amide bonds. The second-order valence-corrected chi connectivity index (χ2v) is 3.85. The van der Waals surface area contributed by atoms with Crippen molar-refractivity contribution >= 4 is 11.9 Å². The standard InChI is InChI=1S/C15H13NO/c1-12-4-2-5-13(10-12)7-8-15(17)14-6-3-9-16-11-14/h2-11H,1H3/b8-7+. The number of aromatic nitrogens is 1. The van der Waals surface area contributed by atoms with E-state index in [2.05, 4.69) is 4.98 Å². The molecule has 0 bridgehead atoms. The van der Waals surface area contributed by atoms with Crippen molar-refractivity contribution in [1.82, 2.24) is 4.98 Å². The van der Waals surface area contributed by atoms with Gasteiger partial charge in [0.2, 0.25) is 0 Å². The molecule has 0 fully saturated rings. The van der Waals surface area contributed by atoms with Gasteiger partial charge >= 0.3 is 0 Å². The molecule has 0 aliphatic heterocycles. The molecule has 17 heavy (non-hydrogen) atoms. The Morgan fingerprint density at radius 3 is 2.82 bits per heavy atom. The monoisotopic (exact) mass is 223 g/mol. The minimum absolute atomic E-state index is 0.0281. The smallest absolute Gasteiger partial charge is 0.187 e. The van der Waals surface area contributed by atoms with Gasteiger partial charge in [-0.15, -0.1) is 0 Å². The summed E-state index contributed by atoms with van der Waals surface area (Å²) in [5.41, 5.74) is 2.82. The third-order valence-corrected chi connectivity index (χ3v) is 2.42. The van der Waals surface area contributed by atoms with Gasteiger partial charge in [-0.25, -0.2) is 0 Å². The third-order valence-electron chi connectivity index (χ3n) is 2.42. The number of benzene rings is 1. The van der Waals surface area contributed by atoms with Crippen LogP contribution in [-0.2, 0) is 0 Å². The quantitative estimate of drug-likeness (QED) is 0.590. The van der Waals surface area contributed by atoms with Gasteiger partial charge < -0.3 is 0 Å². The van der Waals surface area contributed by atoms with Crippen LogP contribution in [-0.4, -0.2) is 10.8 Å². The van der Waals surface area contributed by atoms with Crippen LogP contribution < -0.4 is 0 Å². The van der Waals surface area contributed by atoms with Crippen molar-refractivity contribution in [3.63, 3.8) is 0 Å². The summed E-state index contributed by atoms with van der Waals surface area (Å²) >= 11 is 0. The molecule has 84 valence electrons. The molecule has 1 aromatic carbocycles. The summed E-state index contributed by atoms with van der Waals surface area (Å²) in [4.78, 5) is 15.7. The van der Waals surface area contributed by atoms with Gasteiger partial charge in [-0.05, 0) is 30.7 Å². The van der Waals surface area contributed by atoms with E-state index < -0.39 is 0 Å². The summed E-state index contributed by atoms with van der Waals surface area (Å²) < 4.78 is 0. The topological polar surface area (TPSA) is 30.0 Å². The molecule has 0 unspecified atom stereocenters. The number of hydrogen-bond acceptors (Lipinski definition) is 2. The molecule has 2 aromatic rings. The number of nitrogens with zero attached hydrogens (tertiary/aromatic N) is 1. The number of aryl methyl sites for hydroxylation is 1. The number of carbonyl (C=O) groups is 1. The Morgan fingerprint density at radius 2 is 2.12 bits per heavy atom. The van der Waals surface area contributed by atoms with E-state index in [0.29, 0.717) is 5.56 Å². The fraction of sp³-hybridized carbons (Fsp3) is 0.0667. The number of allylic oxidation sites excluding steroid dienone is 1. The highest BCUT2D eigenvalue weighted by atomic mass is 16.1. The second kappa shape index (κ2) is 5.21. The van der Waals surface area contributed by atoms with Crippen molar-refractivity contribution in [2.75, 3.05) is 0 Å². The van der Waals surface area contributed by atoms with Crippen molar-refractivity contribution in [1.29, 1.82) is 0 Å². The van der Waals surface area contributed by atoms with Crippen LogP contribution in [0, 0.1) is 6.92 Å². The molecule has 0 N–H and O–H groups in total. The maximum absolute atomic E-state index is 11.8. The fourth-order valence-corrected chi connectivity index (χ4v) is 1.55. The van der Waals surface area contributed by atoms with Gasteiger partial charge in [-0.2, -0.15) is 0 Å². The molecule has 0 aliphatic rings. The first-order chi connectivity index (χ1) is 8.25. The zero-order valence-electron chi connectivity index (χ0n) is 9.63. The van der Waals surface area contributed by atoms with Gasteiger partial charge in [0.25, 0.3) is 0 Å². The van der Waals surface area contributed by atoms with Crippen molar-refractivity contribution in [3.8, 4) is 0 Å². The maximum Gasteiger partial charge on any atom is 0.187 e. The van der Waals surface area contributed by atoms with Crippen LogP contribution in [0.15, 0.2) is 54.9 Å². The van der Waals surface area contributed by atoms with E-state index in [4.69, 9.17) is 0 Å². The minimum atomic E-state index is -0.0281. The number of hydrogen-bond donors (Lipinski definition) is 0. The van der Waals surface area contributed by atoms with Crippen LogP contribution in [0.25, 0.3) is 6.08 Å². The lowest BCUT2D eigenvalue weighted by Crippen LogP contribution is -1.93. The molecule has 1 aromatic heterocycles. The summed E-state index contributed by atoms with van der Waals surface area (Å²) in [6.45, 7) is 2.03. The van der Waals surface area contributed by atoms with Gasteiger partial charge in [-0.1, -0.05) is 35.9 Å². The molecular formula is C15H13NO. The Hall–Kier alpha value is -2.22. The molecule has 0 radical (unpaired) electrons. The van der Waals surface area contributed by atoms with E-state index in [1.807, 2.05) is 37.3 Å². The minimum Gasteiger partial charge on any atom is -0.289 e. The van der Waals surface area contributed by atoms with E-state index in [9.17, 15) is 4.79 Å². The largest absolute Gasteiger partial charge is 0.289 e. The number of carbonyl (C=O) groups excluding carboxylic acids is 1. The zero-order chi connectivity index (χ0) is 12.1. The molecule has 0 aliphatic carbocycles. The molecule has 0 atom stereocenters. The first kappa shape index (κ1) is 11.3. The first-order valence-corrected chi connectivity index (χ1v) is 5.45. The highest BCUT2D eigenvalue weighted by Gasteiger charge is 1.99. The van der Waals surface area contributed by atoms with Crippen molar-refractivity contribution in [3.05, 3.63) is 71.6 Å². The third kappa shape index (κ3) is 3.11. The van der Waals surface area contributed by atoms with Crippen LogP contribution in [0.2, 0.25) is 0 Å². The lowest BCUT2D eigenvalue weighted by atomic mass is 10.1. The Labute approximate surface area is 101 Å². The van der Waals surface area contributed by atoms with E-state index in [1.54, 1.807) is 30.6 Å². The van der Waals surface area contributed by atoms with Gasteiger partial charge in [0, 0.05) is 18.0 Å². The van der Waals surface area contributed by atoms with E-state index in [1.165, 1.54) is 5.56 Å². The van der Waals surface area contributed by atoms with Crippen molar-refractivity contribution in [2.45, 2.75) is 6.92 Å². The molecule has 0 saturated carbocycles. The predicted octanol–water partition coefficient (Wildman–Crippen LogP) is 3.29. The molecular weight excluding hydrogens is 210 g/mol. The Balaban J connectivity index is 2.14. The second-order valence-electron chi connectivity index (χ2n) is 3.85. The predicted molar refractivity (Wildman–Crippen MR) is 68.8 cm³/mol. The molecule has 2 rings (SSSR count). The molecule has 0 spiro atoms. The zero-order valence-corrected chi connectivity index (χ0v) is 9.63. The van der Waals surface area contributed by atoms with Gasteiger partial charge in [-0.3, -0.25) is 9.78 Å². The normalized spacial score (nSPS) is 10.6. The fourth-order valence-electron chi connectivity index (χ4n) is 1.55. The summed E-state index contributed by atoms with van der Waals surface area (Å²) in [6, 6.07) is 11.5. The summed E-state index contributed by atoms with van der Waals surface area (Å²) in [5, 5.41) is 0. The van der Waals surface area contributed by atoms with Crippen LogP contribution in [0.4, 0.5) is 0 Å². The highest BCUT2D eigenvalue weighted by Crippen LogP contribution is 2.07. The Bertz CT molecular complexity index is 544. The maximum atomic E-state index is 11.8. The van der Waals surface area contributed by atoms with E-state index in [-0.39, 0.29) is 5.78 Å². The van der Waals surface area contributed by atoms with Gasteiger partial charge in [0.05, 0.1) is 0 Å². The number of pyridine rings is 1. The molecule has 2 nitrogen and oxygen atoms in total.